The molecular formula is C16H24BrNS. The largest absolute Gasteiger partial charge is 0.309 e. The van der Waals surface area contributed by atoms with Crippen LogP contribution in [-0.2, 0) is 0 Å². The maximum absolute atomic E-state index is 3.74. The predicted octanol–water partition coefficient (Wildman–Crippen LogP) is 5.17. The zero-order valence-electron chi connectivity index (χ0n) is 11.9. The summed E-state index contributed by atoms with van der Waals surface area (Å²) in [4.78, 5) is 0. The molecule has 1 aliphatic carbocycles. The molecule has 1 unspecified atom stereocenters. The van der Waals surface area contributed by atoms with Crippen LogP contribution in [0, 0.1) is 0 Å². The molecule has 0 aliphatic heterocycles. The molecule has 1 aromatic rings. The fraction of sp³-hybridized carbons (Fsp3) is 0.625. The summed E-state index contributed by atoms with van der Waals surface area (Å²) in [5.74, 6) is 0. The summed E-state index contributed by atoms with van der Waals surface area (Å²) in [6, 6.07) is 9.08. The minimum absolute atomic E-state index is 0.430. The van der Waals surface area contributed by atoms with Gasteiger partial charge in [-0.25, -0.2) is 0 Å². The van der Waals surface area contributed by atoms with Crippen molar-refractivity contribution in [3.05, 3.63) is 34.3 Å². The molecule has 0 amide bonds. The van der Waals surface area contributed by atoms with Gasteiger partial charge in [0.05, 0.1) is 0 Å². The monoisotopic (exact) mass is 341 g/mol. The Kier molecular flexibility index (Phi) is 5.79. The highest BCUT2D eigenvalue weighted by atomic mass is 79.9. The van der Waals surface area contributed by atoms with Crippen LogP contribution in [0.1, 0.15) is 50.6 Å². The second-order valence-corrected chi connectivity index (χ2v) is 7.79. The molecule has 0 bridgehead atoms. The zero-order chi connectivity index (χ0) is 13.7. The lowest BCUT2D eigenvalue weighted by Gasteiger charge is -2.37. The third-order valence-corrected chi connectivity index (χ3v) is 6.25. The first kappa shape index (κ1) is 15.4. The minimum atomic E-state index is 0.430. The molecule has 2 rings (SSSR count). The molecule has 1 saturated carbocycles. The van der Waals surface area contributed by atoms with Gasteiger partial charge in [-0.15, -0.1) is 0 Å². The average Bonchev–Trinajstić information content (AvgIpc) is 2.46. The minimum Gasteiger partial charge on any atom is -0.309 e. The number of hydrogen-bond donors (Lipinski definition) is 1. The van der Waals surface area contributed by atoms with E-state index in [9.17, 15) is 0 Å². The zero-order valence-corrected chi connectivity index (χ0v) is 14.3. The van der Waals surface area contributed by atoms with Crippen molar-refractivity contribution < 1.29 is 0 Å². The number of thioether (sulfide) groups is 1. The van der Waals surface area contributed by atoms with Crippen LogP contribution in [0.4, 0.5) is 0 Å². The highest BCUT2D eigenvalue weighted by Gasteiger charge is 2.31. The van der Waals surface area contributed by atoms with Gasteiger partial charge in [0, 0.05) is 21.8 Å². The van der Waals surface area contributed by atoms with Crippen molar-refractivity contribution >= 4 is 27.7 Å². The first-order chi connectivity index (χ1) is 9.15. The number of hydrogen-bond acceptors (Lipinski definition) is 2. The molecule has 1 aliphatic rings. The van der Waals surface area contributed by atoms with E-state index in [0.29, 0.717) is 10.8 Å². The predicted molar refractivity (Wildman–Crippen MR) is 89.9 cm³/mol. The van der Waals surface area contributed by atoms with E-state index in [1.54, 1.807) is 0 Å². The second kappa shape index (κ2) is 7.14. The maximum Gasteiger partial charge on any atom is 0.0292 e. The van der Waals surface area contributed by atoms with Crippen molar-refractivity contribution in [3.8, 4) is 0 Å². The van der Waals surface area contributed by atoms with Crippen molar-refractivity contribution in [2.24, 2.45) is 0 Å². The van der Waals surface area contributed by atoms with E-state index in [1.807, 2.05) is 0 Å². The van der Waals surface area contributed by atoms with Gasteiger partial charge in [-0.3, -0.25) is 0 Å². The summed E-state index contributed by atoms with van der Waals surface area (Å²) in [6.07, 6.45) is 9.23. The Morgan fingerprint density at radius 3 is 2.42 bits per heavy atom. The van der Waals surface area contributed by atoms with E-state index in [2.05, 4.69) is 70.5 Å². The van der Waals surface area contributed by atoms with Gasteiger partial charge in [0.1, 0.15) is 0 Å². The van der Waals surface area contributed by atoms with Crippen LogP contribution in [0.15, 0.2) is 28.7 Å². The normalized spacial score (nSPS) is 20.2. The van der Waals surface area contributed by atoms with Gasteiger partial charge in [0.2, 0.25) is 0 Å². The summed E-state index contributed by atoms with van der Waals surface area (Å²) in [6.45, 7) is 3.39. The van der Waals surface area contributed by atoms with Gasteiger partial charge < -0.3 is 5.32 Å². The molecule has 1 aromatic carbocycles. The van der Waals surface area contributed by atoms with Crippen LogP contribution >= 0.6 is 27.7 Å². The second-order valence-electron chi connectivity index (χ2n) is 5.60. The molecule has 0 saturated heterocycles. The van der Waals surface area contributed by atoms with Crippen molar-refractivity contribution in [1.82, 2.24) is 5.32 Å². The van der Waals surface area contributed by atoms with Gasteiger partial charge in [-0.05, 0) is 43.7 Å². The Bertz CT molecular complexity index is 384. The van der Waals surface area contributed by atoms with Gasteiger partial charge in [-0.2, -0.15) is 11.8 Å². The number of rotatable bonds is 5. The molecule has 106 valence electrons. The van der Waals surface area contributed by atoms with E-state index in [-0.39, 0.29) is 0 Å². The molecule has 3 heteroatoms. The smallest absolute Gasteiger partial charge is 0.0292 e. The summed E-state index contributed by atoms with van der Waals surface area (Å²) >= 11 is 5.55. The molecule has 19 heavy (non-hydrogen) atoms. The quantitative estimate of drug-likeness (QED) is 0.793. The molecule has 0 radical (unpaired) electrons. The molecule has 0 heterocycles. The van der Waals surface area contributed by atoms with Crippen LogP contribution < -0.4 is 5.32 Å². The summed E-state index contributed by atoms with van der Waals surface area (Å²) in [5.41, 5.74) is 1.37. The average molecular weight is 342 g/mol. The third kappa shape index (κ3) is 4.24. The molecular weight excluding hydrogens is 318 g/mol. The van der Waals surface area contributed by atoms with Crippen molar-refractivity contribution in [2.45, 2.75) is 49.8 Å². The van der Waals surface area contributed by atoms with Gasteiger partial charge >= 0.3 is 0 Å². The van der Waals surface area contributed by atoms with E-state index in [1.165, 1.54) is 37.7 Å². The van der Waals surface area contributed by atoms with Crippen LogP contribution in [0.5, 0.6) is 0 Å². The highest BCUT2D eigenvalue weighted by Crippen LogP contribution is 2.38. The topological polar surface area (TPSA) is 12.0 Å². The van der Waals surface area contributed by atoms with Gasteiger partial charge in [-0.1, -0.05) is 47.3 Å². The summed E-state index contributed by atoms with van der Waals surface area (Å²) < 4.78 is 1.62. The molecule has 0 aromatic heterocycles. The van der Waals surface area contributed by atoms with Gasteiger partial charge in [0.25, 0.3) is 0 Å². The molecule has 1 fully saturated rings. The van der Waals surface area contributed by atoms with Crippen LogP contribution in [0.3, 0.4) is 0 Å². The fourth-order valence-electron chi connectivity index (χ4n) is 2.86. The SMILES string of the molecule is CSC1(CNC(C)c2ccc(Br)cc2)CCCCC1. The third-order valence-electron chi connectivity index (χ3n) is 4.30. The van der Waals surface area contributed by atoms with E-state index < -0.39 is 0 Å². The Morgan fingerprint density at radius 1 is 1.21 bits per heavy atom. The van der Waals surface area contributed by atoms with Crippen LogP contribution in [0.2, 0.25) is 0 Å². The number of halogens is 1. The van der Waals surface area contributed by atoms with E-state index in [4.69, 9.17) is 0 Å². The van der Waals surface area contributed by atoms with Crippen molar-refractivity contribution in [2.75, 3.05) is 12.8 Å². The van der Waals surface area contributed by atoms with Gasteiger partial charge in [0.15, 0.2) is 0 Å². The van der Waals surface area contributed by atoms with Crippen molar-refractivity contribution in [3.63, 3.8) is 0 Å². The molecule has 1 atom stereocenters. The lowest BCUT2D eigenvalue weighted by Crippen LogP contribution is -2.40. The van der Waals surface area contributed by atoms with E-state index >= 15 is 0 Å². The standard InChI is InChI=1S/C16H24BrNS/c1-13(14-6-8-15(17)9-7-14)18-12-16(19-2)10-4-3-5-11-16/h6-9,13,18H,3-5,10-12H2,1-2H3. The Balaban J connectivity index is 1.91. The van der Waals surface area contributed by atoms with Crippen LogP contribution in [-0.4, -0.2) is 17.5 Å². The Labute approximate surface area is 130 Å². The molecule has 0 spiro atoms. The van der Waals surface area contributed by atoms with Crippen molar-refractivity contribution in [1.29, 1.82) is 0 Å². The van der Waals surface area contributed by atoms with E-state index in [0.717, 1.165) is 11.0 Å². The maximum atomic E-state index is 3.74. The first-order valence-corrected chi connectivity index (χ1v) is 9.21. The lowest BCUT2D eigenvalue weighted by molar-refractivity contribution is 0.367. The first-order valence-electron chi connectivity index (χ1n) is 7.19. The Morgan fingerprint density at radius 2 is 1.84 bits per heavy atom. The highest BCUT2D eigenvalue weighted by molar-refractivity contribution is 9.10. The molecule has 1 N–H and O–H groups in total. The summed E-state index contributed by atoms with van der Waals surface area (Å²) in [7, 11) is 0. The Hall–Kier alpha value is 0.01000. The molecule has 1 nitrogen and oxygen atoms in total. The number of nitrogens with one attached hydrogen (secondary N) is 1. The lowest BCUT2D eigenvalue weighted by atomic mass is 9.88. The van der Waals surface area contributed by atoms with Crippen LogP contribution in [0.25, 0.3) is 0 Å². The number of benzene rings is 1. The fourth-order valence-corrected chi connectivity index (χ4v) is 4.05. The summed E-state index contributed by atoms with van der Waals surface area (Å²) in [5, 5.41) is 3.74.